The SMILES string of the molecule is COC(=O)c1cc2cc(NC(=O)COc3ccc(S(=O)(=O)N4CCOCC4)cc3Cl)ccc2s1. The standard InChI is InChI=1S/C22H21ClN2O7S2/c1-30-22(27)20-11-14-10-15(2-5-19(14)33-20)24-21(26)13-32-18-4-3-16(12-17(18)23)34(28,29)25-6-8-31-9-7-25/h2-5,10-12H,6-9,13H2,1H3,(H,24,26). The summed E-state index contributed by atoms with van der Waals surface area (Å²) in [7, 11) is -2.37. The Balaban J connectivity index is 1.38. The molecule has 9 nitrogen and oxygen atoms in total. The quantitative estimate of drug-likeness (QED) is 0.471. The number of hydrogen-bond donors (Lipinski definition) is 1. The minimum Gasteiger partial charge on any atom is -0.482 e. The Morgan fingerprint density at radius 3 is 2.62 bits per heavy atom. The fraction of sp³-hybridized carbons (Fsp3) is 0.273. The number of nitrogens with one attached hydrogen (secondary N) is 1. The molecule has 1 amide bonds. The maximum atomic E-state index is 12.8. The van der Waals surface area contributed by atoms with Crippen LogP contribution in [0.25, 0.3) is 10.1 Å². The Labute approximate surface area is 205 Å². The molecule has 1 aliphatic rings. The summed E-state index contributed by atoms with van der Waals surface area (Å²) in [5.41, 5.74) is 0.536. The lowest BCUT2D eigenvalue weighted by Gasteiger charge is -2.26. The second-order valence-corrected chi connectivity index (χ2v) is 10.7. The Morgan fingerprint density at radius 1 is 1.15 bits per heavy atom. The van der Waals surface area contributed by atoms with Crippen molar-refractivity contribution in [2.24, 2.45) is 0 Å². The minimum atomic E-state index is -3.69. The summed E-state index contributed by atoms with van der Waals surface area (Å²) in [6.07, 6.45) is 0. The van der Waals surface area contributed by atoms with Crippen molar-refractivity contribution in [1.82, 2.24) is 4.31 Å². The van der Waals surface area contributed by atoms with E-state index in [-0.39, 0.29) is 35.4 Å². The van der Waals surface area contributed by atoms with Crippen molar-refractivity contribution < 1.29 is 32.2 Å². The number of carbonyl (C=O) groups is 2. The van der Waals surface area contributed by atoms with Crippen LogP contribution in [0.2, 0.25) is 5.02 Å². The van der Waals surface area contributed by atoms with Crippen molar-refractivity contribution in [3.8, 4) is 5.75 Å². The van der Waals surface area contributed by atoms with Crippen LogP contribution >= 0.6 is 22.9 Å². The van der Waals surface area contributed by atoms with Crippen LogP contribution in [-0.2, 0) is 24.3 Å². The van der Waals surface area contributed by atoms with Gasteiger partial charge in [0, 0.05) is 23.5 Å². The van der Waals surface area contributed by atoms with Gasteiger partial charge >= 0.3 is 5.97 Å². The van der Waals surface area contributed by atoms with Gasteiger partial charge in [0.15, 0.2) is 6.61 Å². The number of thiophene rings is 1. The highest BCUT2D eigenvalue weighted by atomic mass is 35.5. The van der Waals surface area contributed by atoms with Gasteiger partial charge in [-0.2, -0.15) is 4.31 Å². The number of amides is 1. The Morgan fingerprint density at radius 2 is 1.91 bits per heavy atom. The molecular weight excluding hydrogens is 504 g/mol. The fourth-order valence-electron chi connectivity index (χ4n) is 3.36. The van der Waals surface area contributed by atoms with E-state index in [1.54, 1.807) is 24.3 Å². The number of esters is 1. The van der Waals surface area contributed by atoms with Crippen molar-refractivity contribution in [1.29, 1.82) is 0 Å². The number of methoxy groups -OCH3 is 1. The average Bonchev–Trinajstić information content (AvgIpc) is 3.26. The molecule has 1 N–H and O–H groups in total. The van der Waals surface area contributed by atoms with Gasteiger partial charge in [-0.3, -0.25) is 4.79 Å². The van der Waals surface area contributed by atoms with E-state index in [1.165, 1.54) is 41.0 Å². The molecule has 1 saturated heterocycles. The molecule has 0 radical (unpaired) electrons. The lowest BCUT2D eigenvalue weighted by atomic mass is 10.2. The average molecular weight is 525 g/mol. The molecule has 3 aromatic rings. The van der Waals surface area contributed by atoms with Gasteiger partial charge in [-0.25, -0.2) is 13.2 Å². The van der Waals surface area contributed by atoms with Crippen LogP contribution in [0.4, 0.5) is 5.69 Å². The summed E-state index contributed by atoms with van der Waals surface area (Å²) < 4.78 is 43.2. The number of nitrogens with zero attached hydrogens (tertiary/aromatic N) is 1. The lowest BCUT2D eigenvalue weighted by Crippen LogP contribution is -2.40. The predicted molar refractivity (Wildman–Crippen MR) is 128 cm³/mol. The predicted octanol–water partition coefficient (Wildman–Crippen LogP) is 3.38. The summed E-state index contributed by atoms with van der Waals surface area (Å²) in [5, 5.41) is 3.60. The van der Waals surface area contributed by atoms with Gasteiger partial charge in [-0.1, -0.05) is 11.6 Å². The molecule has 0 unspecified atom stereocenters. The Bertz CT molecular complexity index is 1330. The van der Waals surface area contributed by atoms with Crippen molar-refractivity contribution in [3.63, 3.8) is 0 Å². The normalized spacial score (nSPS) is 14.6. The van der Waals surface area contributed by atoms with E-state index in [9.17, 15) is 18.0 Å². The molecule has 0 saturated carbocycles. The summed E-state index contributed by atoms with van der Waals surface area (Å²) in [5.74, 6) is -0.654. The maximum Gasteiger partial charge on any atom is 0.348 e. The zero-order chi connectivity index (χ0) is 24.3. The summed E-state index contributed by atoms with van der Waals surface area (Å²) in [6, 6.07) is 11.1. The molecule has 12 heteroatoms. The monoisotopic (exact) mass is 524 g/mol. The summed E-state index contributed by atoms with van der Waals surface area (Å²) >= 11 is 7.52. The summed E-state index contributed by atoms with van der Waals surface area (Å²) in [4.78, 5) is 24.6. The topological polar surface area (TPSA) is 111 Å². The van der Waals surface area contributed by atoms with Crippen LogP contribution in [0.15, 0.2) is 47.4 Å². The summed E-state index contributed by atoms with van der Waals surface area (Å²) in [6.45, 7) is 0.910. The number of rotatable bonds is 7. The van der Waals surface area contributed by atoms with E-state index in [1.807, 2.05) is 0 Å². The number of fused-ring (bicyclic) bond motifs is 1. The van der Waals surface area contributed by atoms with Gasteiger partial charge in [0.2, 0.25) is 10.0 Å². The third kappa shape index (κ3) is 5.34. The minimum absolute atomic E-state index is 0.0478. The highest BCUT2D eigenvalue weighted by molar-refractivity contribution is 7.89. The Kier molecular flexibility index (Phi) is 7.39. The van der Waals surface area contributed by atoms with Gasteiger partial charge in [0.25, 0.3) is 5.91 Å². The number of benzene rings is 2. The van der Waals surface area contributed by atoms with E-state index < -0.39 is 21.9 Å². The van der Waals surface area contributed by atoms with Gasteiger partial charge in [0.05, 0.1) is 30.2 Å². The molecule has 4 rings (SSSR count). The molecule has 0 bridgehead atoms. The van der Waals surface area contributed by atoms with Crippen LogP contribution in [-0.4, -0.2) is 64.6 Å². The first kappa shape index (κ1) is 24.4. The zero-order valence-corrected chi connectivity index (χ0v) is 20.5. The number of hydrogen-bond acceptors (Lipinski definition) is 8. The van der Waals surface area contributed by atoms with Crippen LogP contribution in [0.1, 0.15) is 9.67 Å². The van der Waals surface area contributed by atoms with Gasteiger partial charge in [-0.15, -0.1) is 11.3 Å². The maximum absolute atomic E-state index is 12.8. The molecule has 34 heavy (non-hydrogen) atoms. The highest BCUT2D eigenvalue weighted by Gasteiger charge is 2.27. The number of halogens is 1. The molecular formula is C22H21ClN2O7S2. The number of carbonyl (C=O) groups excluding carboxylic acids is 2. The first-order chi connectivity index (χ1) is 16.3. The van der Waals surface area contributed by atoms with Crippen molar-refractivity contribution >= 4 is 60.6 Å². The molecule has 1 aliphatic heterocycles. The molecule has 0 aliphatic carbocycles. The number of anilines is 1. The molecule has 2 aromatic carbocycles. The molecule has 0 spiro atoms. The largest absolute Gasteiger partial charge is 0.482 e. The third-order valence-corrected chi connectivity index (χ3v) is 8.34. The van der Waals surface area contributed by atoms with Crippen LogP contribution in [0.5, 0.6) is 5.75 Å². The number of sulfonamides is 1. The van der Waals surface area contributed by atoms with E-state index in [4.69, 9.17) is 25.8 Å². The fourth-order valence-corrected chi connectivity index (χ4v) is 6.05. The van der Waals surface area contributed by atoms with Gasteiger partial charge in [-0.05, 0) is 47.9 Å². The molecule has 1 aromatic heterocycles. The number of morpholine rings is 1. The van der Waals surface area contributed by atoms with E-state index >= 15 is 0 Å². The first-order valence-electron chi connectivity index (χ1n) is 10.2. The second kappa shape index (κ2) is 10.3. The molecule has 1 fully saturated rings. The van der Waals surface area contributed by atoms with Crippen molar-refractivity contribution in [2.75, 3.05) is 45.3 Å². The van der Waals surface area contributed by atoms with Crippen molar-refractivity contribution in [2.45, 2.75) is 4.90 Å². The zero-order valence-electron chi connectivity index (χ0n) is 18.1. The van der Waals surface area contributed by atoms with Crippen LogP contribution in [0, 0.1) is 0 Å². The smallest absolute Gasteiger partial charge is 0.348 e. The lowest BCUT2D eigenvalue weighted by molar-refractivity contribution is -0.118. The van der Waals surface area contributed by atoms with E-state index in [0.717, 1.165) is 10.1 Å². The highest BCUT2D eigenvalue weighted by Crippen LogP contribution is 2.30. The Hall–Kier alpha value is -2.70. The third-order valence-electron chi connectivity index (χ3n) is 5.06. The van der Waals surface area contributed by atoms with Gasteiger partial charge in [0.1, 0.15) is 10.6 Å². The van der Waals surface area contributed by atoms with Crippen LogP contribution < -0.4 is 10.1 Å². The van der Waals surface area contributed by atoms with E-state index in [0.29, 0.717) is 23.8 Å². The first-order valence-corrected chi connectivity index (χ1v) is 12.8. The van der Waals surface area contributed by atoms with Crippen molar-refractivity contribution in [3.05, 3.63) is 52.4 Å². The van der Waals surface area contributed by atoms with Gasteiger partial charge < -0.3 is 19.5 Å². The molecule has 2 heterocycles. The second-order valence-electron chi connectivity index (χ2n) is 7.30. The number of ether oxygens (including phenoxy) is 3. The van der Waals surface area contributed by atoms with Crippen LogP contribution in [0.3, 0.4) is 0 Å². The van der Waals surface area contributed by atoms with E-state index in [2.05, 4.69) is 5.32 Å². The molecule has 180 valence electrons. The molecule has 0 atom stereocenters.